The third-order valence-corrected chi connectivity index (χ3v) is 3.99. The quantitative estimate of drug-likeness (QED) is 0.494. The van der Waals surface area contributed by atoms with Crippen LogP contribution in [0.3, 0.4) is 0 Å². The van der Waals surface area contributed by atoms with Gasteiger partial charge in [-0.25, -0.2) is 0 Å². The van der Waals surface area contributed by atoms with Crippen LogP contribution in [-0.2, 0) is 0 Å². The number of rotatable bonds is 7. The molecule has 1 radical (unpaired) electrons. The summed E-state index contributed by atoms with van der Waals surface area (Å²) in [5.74, 6) is 1.72. The summed E-state index contributed by atoms with van der Waals surface area (Å²) in [5, 5.41) is 0. The standard InChI is InChI=1S/C15H29/c1-3-4-5-6-8-11-14(2)15-12-9-7-10-13-15/h14-15H,2-13H2,1H3. The van der Waals surface area contributed by atoms with Gasteiger partial charge in [-0.1, -0.05) is 77.6 Å². The highest BCUT2D eigenvalue weighted by atomic mass is 14.2. The monoisotopic (exact) mass is 209 g/mol. The van der Waals surface area contributed by atoms with E-state index < -0.39 is 0 Å². The lowest BCUT2D eigenvalue weighted by Gasteiger charge is -2.27. The normalized spacial score (nSPS) is 20.4. The van der Waals surface area contributed by atoms with E-state index in [0.717, 1.165) is 11.8 Å². The smallest absolute Gasteiger partial charge is 0.0386 e. The SMILES string of the molecule is [CH2]C(CCCCCCC)C1CCCCC1. The number of hydrogen-bond donors (Lipinski definition) is 0. The van der Waals surface area contributed by atoms with Crippen LogP contribution in [0.4, 0.5) is 0 Å². The molecule has 1 fully saturated rings. The van der Waals surface area contributed by atoms with E-state index in [4.69, 9.17) is 0 Å². The highest BCUT2D eigenvalue weighted by Crippen LogP contribution is 2.32. The van der Waals surface area contributed by atoms with Crippen molar-refractivity contribution in [3.05, 3.63) is 6.92 Å². The molecular formula is C15H29. The summed E-state index contributed by atoms with van der Waals surface area (Å²) in [6, 6.07) is 0. The van der Waals surface area contributed by atoms with Gasteiger partial charge in [-0.2, -0.15) is 0 Å². The Labute approximate surface area is 96.8 Å². The summed E-state index contributed by atoms with van der Waals surface area (Å²) < 4.78 is 0. The highest BCUT2D eigenvalue weighted by Gasteiger charge is 2.19. The average Bonchev–Trinajstić information content (AvgIpc) is 2.30. The molecule has 1 aliphatic rings. The Bertz CT molecular complexity index is 133. The molecule has 0 heterocycles. The van der Waals surface area contributed by atoms with Crippen LogP contribution in [0.15, 0.2) is 0 Å². The van der Waals surface area contributed by atoms with Crippen molar-refractivity contribution < 1.29 is 0 Å². The van der Waals surface area contributed by atoms with Gasteiger partial charge in [0, 0.05) is 0 Å². The van der Waals surface area contributed by atoms with Crippen molar-refractivity contribution in [3.8, 4) is 0 Å². The lowest BCUT2D eigenvalue weighted by Crippen LogP contribution is -2.15. The van der Waals surface area contributed by atoms with Crippen LogP contribution in [-0.4, -0.2) is 0 Å². The first-order valence-corrected chi connectivity index (χ1v) is 7.17. The largest absolute Gasteiger partial charge is 0.0654 e. The zero-order chi connectivity index (χ0) is 10.9. The maximum atomic E-state index is 4.38. The lowest BCUT2D eigenvalue weighted by atomic mass is 9.79. The predicted octanol–water partition coefficient (Wildman–Crippen LogP) is 5.38. The van der Waals surface area contributed by atoms with Crippen LogP contribution in [0.5, 0.6) is 0 Å². The van der Waals surface area contributed by atoms with E-state index in [1.807, 2.05) is 0 Å². The molecule has 1 rings (SSSR count). The summed E-state index contributed by atoms with van der Waals surface area (Å²) >= 11 is 0. The molecule has 0 spiro atoms. The maximum absolute atomic E-state index is 4.38. The molecule has 0 bridgehead atoms. The molecule has 0 aromatic heterocycles. The van der Waals surface area contributed by atoms with Crippen molar-refractivity contribution in [2.45, 2.75) is 77.6 Å². The van der Waals surface area contributed by atoms with E-state index in [-0.39, 0.29) is 0 Å². The molecule has 15 heavy (non-hydrogen) atoms. The van der Waals surface area contributed by atoms with Gasteiger partial charge in [0.1, 0.15) is 0 Å². The summed E-state index contributed by atoms with van der Waals surface area (Å²) in [7, 11) is 0. The van der Waals surface area contributed by atoms with Gasteiger partial charge in [-0.15, -0.1) is 0 Å². The first-order valence-electron chi connectivity index (χ1n) is 7.17. The van der Waals surface area contributed by atoms with Gasteiger partial charge < -0.3 is 0 Å². The average molecular weight is 209 g/mol. The van der Waals surface area contributed by atoms with Crippen molar-refractivity contribution in [3.63, 3.8) is 0 Å². The minimum Gasteiger partial charge on any atom is -0.0654 e. The molecular weight excluding hydrogens is 180 g/mol. The lowest BCUT2D eigenvalue weighted by molar-refractivity contribution is 0.268. The van der Waals surface area contributed by atoms with Gasteiger partial charge in [0.05, 0.1) is 0 Å². The Morgan fingerprint density at radius 1 is 1.00 bits per heavy atom. The summed E-state index contributed by atoms with van der Waals surface area (Å²) in [6.45, 7) is 6.66. The van der Waals surface area contributed by atoms with Crippen LogP contribution in [0.1, 0.15) is 77.6 Å². The van der Waals surface area contributed by atoms with E-state index in [0.29, 0.717) is 0 Å². The Kier molecular flexibility index (Phi) is 7.13. The van der Waals surface area contributed by atoms with Crippen LogP contribution < -0.4 is 0 Å². The molecule has 0 aliphatic heterocycles. The highest BCUT2D eigenvalue weighted by molar-refractivity contribution is 4.75. The minimum absolute atomic E-state index is 0.756. The number of hydrogen-bond acceptors (Lipinski definition) is 0. The van der Waals surface area contributed by atoms with Crippen LogP contribution in [0.2, 0.25) is 0 Å². The Morgan fingerprint density at radius 2 is 1.67 bits per heavy atom. The molecule has 1 saturated carbocycles. The molecule has 89 valence electrons. The van der Waals surface area contributed by atoms with Crippen molar-refractivity contribution >= 4 is 0 Å². The third-order valence-electron chi connectivity index (χ3n) is 3.99. The summed E-state index contributed by atoms with van der Waals surface area (Å²) in [5.41, 5.74) is 0. The third kappa shape index (κ3) is 5.58. The summed E-state index contributed by atoms with van der Waals surface area (Å²) in [4.78, 5) is 0. The van der Waals surface area contributed by atoms with E-state index in [2.05, 4.69) is 13.8 Å². The zero-order valence-corrected chi connectivity index (χ0v) is 10.6. The predicted molar refractivity (Wildman–Crippen MR) is 68.8 cm³/mol. The Morgan fingerprint density at radius 3 is 2.33 bits per heavy atom. The minimum atomic E-state index is 0.756. The second-order valence-electron chi connectivity index (χ2n) is 5.36. The molecule has 0 nitrogen and oxygen atoms in total. The van der Waals surface area contributed by atoms with E-state index in [1.165, 1.54) is 70.6 Å². The van der Waals surface area contributed by atoms with Crippen molar-refractivity contribution in [2.24, 2.45) is 11.8 Å². The molecule has 0 heteroatoms. The van der Waals surface area contributed by atoms with Crippen LogP contribution >= 0.6 is 0 Å². The first kappa shape index (κ1) is 13.1. The number of unbranched alkanes of at least 4 members (excludes halogenated alkanes) is 4. The van der Waals surface area contributed by atoms with Gasteiger partial charge in [0.25, 0.3) is 0 Å². The molecule has 0 amide bonds. The van der Waals surface area contributed by atoms with Gasteiger partial charge in [-0.3, -0.25) is 0 Å². The Hall–Kier alpha value is 0. The fraction of sp³-hybridized carbons (Fsp3) is 0.933. The van der Waals surface area contributed by atoms with Gasteiger partial charge in [-0.05, 0) is 18.8 Å². The Balaban J connectivity index is 1.99. The van der Waals surface area contributed by atoms with Crippen molar-refractivity contribution in [1.82, 2.24) is 0 Å². The maximum Gasteiger partial charge on any atom is -0.0386 e. The molecule has 0 aromatic carbocycles. The summed E-state index contributed by atoms with van der Waals surface area (Å²) in [6.07, 6.45) is 15.8. The second kappa shape index (κ2) is 8.19. The van der Waals surface area contributed by atoms with Crippen LogP contribution in [0, 0.1) is 18.8 Å². The topological polar surface area (TPSA) is 0 Å². The fourth-order valence-electron chi connectivity index (χ4n) is 2.85. The molecule has 1 aliphatic carbocycles. The van der Waals surface area contributed by atoms with Gasteiger partial charge >= 0.3 is 0 Å². The van der Waals surface area contributed by atoms with E-state index in [1.54, 1.807) is 0 Å². The van der Waals surface area contributed by atoms with Gasteiger partial charge in [0.2, 0.25) is 0 Å². The fourth-order valence-corrected chi connectivity index (χ4v) is 2.85. The molecule has 0 saturated heterocycles. The van der Waals surface area contributed by atoms with Gasteiger partial charge in [0.15, 0.2) is 0 Å². The van der Waals surface area contributed by atoms with Crippen LogP contribution in [0.25, 0.3) is 0 Å². The van der Waals surface area contributed by atoms with Crippen molar-refractivity contribution in [1.29, 1.82) is 0 Å². The molecule has 0 N–H and O–H groups in total. The zero-order valence-electron chi connectivity index (χ0n) is 10.6. The molecule has 1 atom stereocenters. The molecule has 1 unspecified atom stereocenters. The second-order valence-corrected chi connectivity index (χ2v) is 5.36. The van der Waals surface area contributed by atoms with E-state index in [9.17, 15) is 0 Å². The van der Waals surface area contributed by atoms with E-state index >= 15 is 0 Å². The first-order chi connectivity index (χ1) is 7.34. The van der Waals surface area contributed by atoms with Crippen molar-refractivity contribution in [2.75, 3.05) is 0 Å². The molecule has 0 aromatic rings.